The predicted octanol–water partition coefficient (Wildman–Crippen LogP) is 2.87. The van der Waals surface area contributed by atoms with E-state index in [0.29, 0.717) is 17.4 Å². The molecule has 30 heavy (non-hydrogen) atoms. The maximum Gasteiger partial charge on any atom is 0.254 e. The zero-order chi connectivity index (χ0) is 21.5. The van der Waals surface area contributed by atoms with Crippen molar-refractivity contribution in [3.63, 3.8) is 0 Å². The number of likely N-dealkylation sites (tertiary alicyclic amines) is 1. The van der Waals surface area contributed by atoms with E-state index >= 15 is 0 Å². The molecule has 6 nitrogen and oxygen atoms in total. The smallest absolute Gasteiger partial charge is 0.254 e. The zero-order valence-corrected chi connectivity index (χ0v) is 16.6. The molecule has 0 radical (unpaired) electrons. The van der Waals surface area contributed by atoms with Gasteiger partial charge in [-0.2, -0.15) is 5.26 Å². The third-order valence-corrected chi connectivity index (χ3v) is 6.36. The summed E-state index contributed by atoms with van der Waals surface area (Å²) in [5.41, 5.74) is 2.40. The summed E-state index contributed by atoms with van der Waals surface area (Å²) in [4.78, 5) is 50.8. The molecule has 0 bridgehead atoms. The summed E-state index contributed by atoms with van der Waals surface area (Å²) in [7, 11) is 0. The average Bonchev–Trinajstić information content (AvgIpc) is 3.30. The number of carbonyl (C=O) groups excluding carboxylic acids is 4. The van der Waals surface area contributed by atoms with E-state index in [1.165, 1.54) is 4.90 Å². The van der Waals surface area contributed by atoms with Gasteiger partial charge in [-0.3, -0.25) is 14.4 Å². The average molecular weight is 400 g/mol. The first-order valence-electron chi connectivity index (χ1n) is 9.84. The second-order valence-electron chi connectivity index (χ2n) is 7.94. The number of hydrogen-bond acceptors (Lipinski definition) is 5. The van der Waals surface area contributed by atoms with Crippen molar-refractivity contribution in [3.8, 4) is 17.2 Å². The van der Waals surface area contributed by atoms with Crippen LogP contribution in [0.25, 0.3) is 11.1 Å². The number of amides is 1. The van der Waals surface area contributed by atoms with Crippen LogP contribution in [0.1, 0.15) is 40.7 Å². The van der Waals surface area contributed by atoms with Crippen LogP contribution in [0.15, 0.2) is 42.5 Å². The molecule has 2 fully saturated rings. The van der Waals surface area contributed by atoms with Crippen molar-refractivity contribution in [2.45, 2.75) is 32.2 Å². The lowest BCUT2D eigenvalue weighted by Gasteiger charge is -2.22. The molecule has 1 aliphatic carbocycles. The van der Waals surface area contributed by atoms with E-state index < -0.39 is 11.5 Å². The fraction of sp³-hybridized carbons (Fsp3) is 0.292. The summed E-state index contributed by atoms with van der Waals surface area (Å²) in [6.07, 6.45) is 1.10. The monoisotopic (exact) mass is 400 g/mol. The molecule has 0 aromatic heterocycles. The first kappa shape index (κ1) is 19.7. The van der Waals surface area contributed by atoms with Gasteiger partial charge in [-0.05, 0) is 48.2 Å². The number of nitrogens with zero attached hydrogens (tertiary/aromatic N) is 2. The molecule has 1 saturated heterocycles. The van der Waals surface area contributed by atoms with Gasteiger partial charge in [-0.25, -0.2) is 0 Å². The topological polar surface area (TPSA) is 95.3 Å². The normalized spacial score (nSPS) is 19.9. The van der Waals surface area contributed by atoms with E-state index in [9.17, 15) is 24.4 Å². The van der Waals surface area contributed by atoms with Gasteiger partial charge in [0.25, 0.3) is 5.91 Å². The number of carbonyl (C=O) groups is 4. The van der Waals surface area contributed by atoms with Gasteiger partial charge in [0, 0.05) is 24.9 Å². The molecule has 2 aromatic rings. The van der Waals surface area contributed by atoms with Crippen LogP contribution in [-0.2, 0) is 14.4 Å². The largest absolute Gasteiger partial charge is 0.327 e. The van der Waals surface area contributed by atoms with Gasteiger partial charge in [0.15, 0.2) is 0 Å². The third kappa shape index (κ3) is 2.94. The third-order valence-electron chi connectivity index (χ3n) is 6.36. The van der Waals surface area contributed by atoms with Crippen LogP contribution in [0.2, 0.25) is 0 Å². The summed E-state index contributed by atoms with van der Waals surface area (Å²) < 4.78 is 0. The fourth-order valence-corrected chi connectivity index (χ4v) is 4.58. The summed E-state index contributed by atoms with van der Waals surface area (Å²) in [5, 5.41) is 9.22. The van der Waals surface area contributed by atoms with Crippen molar-refractivity contribution in [1.82, 2.24) is 4.90 Å². The molecular formula is C24H20N2O4. The van der Waals surface area contributed by atoms with E-state index in [2.05, 4.69) is 6.07 Å². The van der Waals surface area contributed by atoms with Crippen molar-refractivity contribution in [1.29, 1.82) is 5.26 Å². The van der Waals surface area contributed by atoms with Crippen molar-refractivity contribution in [2.75, 3.05) is 6.54 Å². The summed E-state index contributed by atoms with van der Waals surface area (Å²) in [6.45, 7) is 1.85. The van der Waals surface area contributed by atoms with Crippen LogP contribution in [0.3, 0.4) is 0 Å². The molecule has 2 aliphatic rings. The van der Waals surface area contributed by atoms with E-state index in [1.807, 2.05) is 19.1 Å². The maximum atomic E-state index is 13.1. The molecule has 0 unspecified atom stereocenters. The fourth-order valence-electron chi connectivity index (χ4n) is 4.58. The molecule has 6 heteroatoms. The molecule has 2 aromatic carbocycles. The van der Waals surface area contributed by atoms with E-state index in [0.717, 1.165) is 16.7 Å². The maximum absolute atomic E-state index is 13.1. The van der Waals surface area contributed by atoms with Crippen LogP contribution >= 0.6 is 0 Å². The number of ketones is 2. The molecule has 1 saturated carbocycles. The first-order chi connectivity index (χ1) is 14.4. The Hall–Kier alpha value is -3.59. The Morgan fingerprint density at radius 3 is 2.40 bits per heavy atom. The van der Waals surface area contributed by atoms with Crippen LogP contribution in [0.4, 0.5) is 0 Å². The Kier molecular flexibility index (Phi) is 4.83. The van der Waals surface area contributed by atoms with Gasteiger partial charge < -0.3 is 9.69 Å². The molecule has 1 atom stereocenters. The van der Waals surface area contributed by atoms with Crippen LogP contribution < -0.4 is 0 Å². The highest BCUT2D eigenvalue weighted by atomic mass is 16.2. The number of Topliss-reactive ketones (excluding diaryl/α,β-unsaturated/α-hetero) is 2. The van der Waals surface area contributed by atoms with Gasteiger partial charge in [-0.1, -0.05) is 24.3 Å². The zero-order valence-electron chi connectivity index (χ0n) is 16.6. The highest BCUT2D eigenvalue weighted by Gasteiger charge is 2.57. The Morgan fingerprint density at radius 1 is 1.13 bits per heavy atom. The standard InChI is InChI=1S/C24H20N2O4/c1-15-18(12-25)3-2-4-20(15)16-5-7-17(8-6-16)23(30)26-14-24(11-19(26)13-27)21(28)9-10-22(24)29/h2-8,13,19H,9-11,14H2,1H3/t19-/m0/s1. The number of benzene rings is 2. The number of hydrogen-bond donors (Lipinski definition) is 0. The molecule has 0 N–H and O–H groups in total. The molecule has 150 valence electrons. The molecule has 1 amide bonds. The number of rotatable bonds is 3. The van der Waals surface area contributed by atoms with Crippen LogP contribution in [0, 0.1) is 23.7 Å². The van der Waals surface area contributed by atoms with Crippen molar-refractivity contribution < 1.29 is 19.2 Å². The minimum Gasteiger partial charge on any atom is -0.327 e. The van der Waals surface area contributed by atoms with Crippen molar-refractivity contribution >= 4 is 23.8 Å². The van der Waals surface area contributed by atoms with E-state index in [1.54, 1.807) is 30.3 Å². The van der Waals surface area contributed by atoms with Gasteiger partial charge in [0.05, 0.1) is 17.7 Å². The second kappa shape index (κ2) is 7.34. The lowest BCUT2D eigenvalue weighted by molar-refractivity contribution is -0.133. The Labute approximate surface area is 174 Å². The highest BCUT2D eigenvalue weighted by molar-refractivity contribution is 6.14. The van der Waals surface area contributed by atoms with Crippen LogP contribution in [0.5, 0.6) is 0 Å². The molecule has 1 aliphatic heterocycles. The SMILES string of the molecule is Cc1c(C#N)cccc1-c1ccc(C(=O)N2CC3(C[C@H]2C=O)C(=O)CCC3=O)cc1. The Balaban J connectivity index is 1.61. The van der Waals surface area contributed by atoms with Crippen LogP contribution in [-0.4, -0.2) is 41.2 Å². The first-order valence-corrected chi connectivity index (χ1v) is 9.84. The van der Waals surface area contributed by atoms with Gasteiger partial charge in [0.1, 0.15) is 23.3 Å². The predicted molar refractivity (Wildman–Crippen MR) is 109 cm³/mol. The van der Waals surface area contributed by atoms with E-state index in [4.69, 9.17) is 0 Å². The number of aldehydes is 1. The van der Waals surface area contributed by atoms with Crippen molar-refractivity contribution in [2.24, 2.45) is 5.41 Å². The second-order valence-corrected chi connectivity index (χ2v) is 7.94. The summed E-state index contributed by atoms with van der Waals surface area (Å²) >= 11 is 0. The molecule has 1 heterocycles. The van der Waals surface area contributed by atoms with Gasteiger partial charge in [-0.15, -0.1) is 0 Å². The lowest BCUT2D eigenvalue weighted by Crippen LogP contribution is -2.39. The lowest BCUT2D eigenvalue weighted by atomic mass is 9.82. The van der Waals surface area contributed by atoms with E-state index in [-0.39, 0.29) is 43.3 Å². The molecule has 4 rings (SSSR count). The minimum atomic E-state index is -1.21. The molecular weight excluding hydrogens is 380 g/mol. The number of nitriles is 1. The molecule has 1 spiro atoms. The highest BCUT2D eigenvalue weighted by Crippen LogP contribution is 2.43. The van der Waals surface area contributed by atoms with Gasteiger partial charge in [0.2, 0.25) is 0 Å². The summed E-state index contributed by atoms with van der Waals surface area (Å²) in [5.74, 6) is -0.707. The summed E-state index contributed by atoms with van der Waals surface area (Å²) in [6, 6.07) is 13.8. The Morgan fingerprint density at radius 2 is 1.80 bits per heavy atom. The van der Waals surface area contributed by atoms with Crippen molar-refractivity contribution in [3.05, 3.63) is 59.2 Å². The quantitative estimate of drug-likeness (QED) is 0.583. The Bertz CT molecular complexity index is 1100. The van der Waals surface area contributed by atoms with Gasteiger partial charge >= 0.3 is 0 Å². The minimum absolute atomic E-state index is 0.0298.